The zero-order valence-electron chi connectivity index (χ0n) is 11.4. The summed E-state index contributed by atoms with van der Waals surface area (Å²) in [6, 6.07) is 0. The maximum Gasteiger partial charge on any atom is 0.306 e. The summed E-state index contributed by atoms with van der Waals surface area (Å²) in [5.74, 6) is -0.155. The number of hydrogen-bond acceptors (Lipinski definition) is 6. The summed E-state index contributed by atoms with van der Waals surface area (Å²) in [6.45, 7) is 4.15. The first kappa shape index (κ1) is 14.3. The van der Waals surface area contributed by atoms with Gasteiger partial charge in [0.05, 0.1) is 24.8 Å². The Morgan fingerprint density at radius 3 is 3.16 bits per heavy atom. The molecule has 5 nitrogen and oxygen atoms in total. The molecule has 2 heterocycles. The Morgan fingerprint density at radius 2 is 2.47 bits per heavy atom. The van der Waals surface area contributed by atoms with E-state index in [1.807, 2.05) is 12.3 Å². The number of aryl methyl sites for hydroxylation is 1. The lowest BCUT2D eigenvalue weighted by Crippen LogP contribution is -2.21. The third-order valence-electron chi connectivity index (χ3n) is 3.18. The number of esters is 1. The van der Waals surface area contributed by atoms with Gasteiger partial charge in [-0.1, -0.05) is 0 Å². The van der Waals surface area contributed by atoms with E-state index in [9.17, 15) is 4.79 Å². The molecule has 1 atom stereocenters. The Hall–Kier alpha value is -1.14. The topological polar surface area (TPSA) is 51.7 Å². The van der Waals surface area contributed by atoms with E-state index in [0.717, 1.165) is 30.3 Å². The van der Waals surface area contributed by atoms with Gasteiger partial charge in [-0.3, -0.25) is 4.79 Å². The number of thiazole rings is 1. The molecular weight excluding hydrogens is 264 g/mol. The minimum atomic E-state index is -0.155. The number of anilines is 1. The van der Waals surface area contributed by atoms with Gasteiger partial charge in [0.15, 0.2) is 5.13 Å². The third-order valence-corrected chi connectivity index (χ3v) is 4.13. The van der Waals surface area contributed by atoms with Gasteiger partial charge < -0.3 is 14.4 Å². The first-order valence-electron chi connectivity index (χ1n) is 6.60. The van der Waals surface area contributed by atoms with E-state index in [-0.39, 0.29) is 5.97 Å². The highest BCUT2D eigenvalue weighted by Crippen LogP contribution is 2.25. The molecule has 0 radical (unpaired) electrons. The molecule has 2 rings (SSSR count). The minimum absolute atomic E-state index is 0.155. The zero-order valence-corrected chi connectivity index (χ0v) is 12.2. The summed E-state index contributed by atoms with van der Waals surface area (Å²) in [7, 11) is 1.75. The molecule has 106 valence electrons. The van der Waals surface area contributed by atoms with Gasteiger partial charge in [0.25, 0.3) is 0 Å². The van der Waals surface area contributed by atoms with Crippen LogP contribution in [0, 0.1) is 0 Å². The second kappa shape index (κ2) is 6.86. The SMILES string of the molecule is CCOC(=O)CCc1csc(N2CCC(OC)C2)n1. The average molecular weight is 284 g/mol. The van der Waals surface area contributed by atoms with E-state index in [1.165, 1.54) is 0 Å². The van der Waals surface area contributed by atoms with Crippen LogP contribution in [0.15, 0.2) is 5.38 Å². The van der Waals surface area contributed by atoms with Crippen LogP contribution in [0.5, 0.6) is 0 Å². The highest BCUT2D eigenvalue weighted by atomic mass is 32.1. The van der Waals surface area contributed by atoms with E-state index in [1.54, 1.807) is 18.4 Å². The monoisotopic (exact) mass is 284 g/mol. The highest BCUT2D eigenvalue weighted by molar-refractivity contribution is 7.13. The summed E-state index contributed by atoms with van der Waals surface area (Å²) in [5.41, 5.74) is 0.967. The number of methoxy groups -OCH3 is 1. The van der Waals surface area contributed by atoms with Gasteiger partial charge in [0, 0.05) is 32.0 Å². The lowest BCUT2D eigenvalue weighted by Gasteiger charge is -2.13. The van der Waals surface area contributed by atoms with E-state index in [2.05, 4.69) is 9.88 Å². The molecule has 0 spiro atoms. The number of carbonyl (C=O) groups is 1. The van der Waals surface area contributed by atoms with Crippen LogP contribution >= 0.6 is 11.3 Å². The van der Waals surface area contributed by atoms with Crippen molar-refractivity contribution in [3.8, 4) is 0 Å². The number of aromatic nitrogens is 1. The van der Waals surface area contributed by atoms with E-state index < -0.39 is 0 Å². The highest BCUT2D eigenvalue weighted by Gasteiger charge is 2.24. The molecule has 1 aromatic heterocycles. The number of ether oxygens (including phenoxy) is 2. The summed E-state index contributed by atoms with van der Waals surface area (Å²) >= 11 is 1.63. The average Bonchev–Trinajstić information content (AvgIpc) is 3.05. The molecule has 1 aliphatic heterocycles. The smallest absolute Gasteiger partial charge is 0.306 e. The molecule has 0 saturated carbocycles. The first-order chi connectivity index (χ1) is 9.22. The second-order valence-corrected chi connectivity index (χ2v) is 5.36. The van der Waals surface area contributed by atoms with Crippen LogP contribution in [0.4, 0.5) is 5.13 Å². The van der Waals surface area contributed by atoms with Gasteiger partial charge in [-0.15, -0.1) is 11.3 Å². The Bertz CT molecular complexity index is 422. The van der Waals surface area contributed by atoms with Gasteiger partial charge in [-0.25, -0.2) is 4.98 Å². The molecule has 1 saturated heterocycles. The van der Waals surface area contributed by atoms with Gasteiger partial charge in [0.2, 0.25) is 0 Å². The van der Waals surface area contributed by atoms with Crippen LogP contribution in [0.3, 0.4) is 0 Å². The Balaban J connectivity index is 1.84. The fraction of sp³-hybridized carbons (Fsp3) is 0.692. The standard InChI is InChI=1S/C13H20N2O3S/c1-3-18-12(16)5-4-10-9-19-13(14-10)15-7-6-11(8-15)17-2/h9,11H,3-8H2,1-2H3. The first-order valence-corrected chi connectivity index (χ1v) is 7.48. The van der Waals surface area contributed by atoms with Crippen LogP contribution in [0.1, 0.15) is 25.5 Å². The van der Waals surface area contributed by atoms with Gasteiger partial charge in [0.1, 0.15) is 0 Å². The molecule has 6 heteroatoms. The molecule has 0 amide bonds. The van der Waals surface area contributed by atoms with Gasteiger partial charge in [-0.05, 0) is 13.3 Å². The molecule has 19 heavy (non-hydrogen) atoms. The third kappa shape index (κ3) is 3.91. The Morgan fingerprint density at radius 1 is 1.63 bits per heavy atom. The molecule has 1 aromatic rings. The predicted molar refractivity (Wildman–Crippen MR) is 74.7 cm³/mol. The van der Waals surface area contributed by atoms with Crippen LogP contribution < -0.4 is 4.90 Å². The maximum atomic E-state index is 11.3. The molecule has 1 aliphatic rings. The molecule has 1 fully saturated rings. The van der Waals surface area contributed by atoms with Gasteiger partial charge in [-0.2, -0.15) is 0 Å². The normalized spacial score (nSPS) is 18.8. The summed E-state index contributed by atoms with van der Waals surface area (Å²) < 4.78 is 10.3. The lowest BCUT2D eigenvalue weighted by atomic mass is 10.2. The van der Waals surface area contributed by atoms with Crippen molar-refractivity contribution in [2.45, 2.75) is 32.3 Å². The summed E-state index contributed by atoms with van der Waals surface area (Å²) in [5, 5.41) is 3.05. The molecule has 0 aromatic carbocycles. The number of hydrogen-bond donors (Lipinski definition) is 0. The van der Waals surface area contributed by atoms with Crippen molar-refractivity contribution >= 4 is 22.4 Å². The number of nitrogens with zero attached hydrogens (tertiary/aromatic N) is 2. The predicted octanol–water partition coefficient (Wildman–Crippen LogP) is 1.86. The largest absolute Gasteiger partial charge is 0.466 e. The van der Waals surface area contributed by atoms with Crippen molar-refractivity contribution in [2.24, 2.45) is 0 Å². The summed E-state index contributed by atoms with van der Waals surface area (Å²) in [6.07, 6.45) is 2.41. The van der Waals surface area contributed by atoms with Gasteiger partial charge >= 0.3 is 5.97 Å². The molecule has 0 bridgehead atoms. The van der Waals surface area contributed by atoms with Crippen molar-refractivity contribution in [1.82, 2.24) is 4.98 Å². The summed E-state index contributed by atoms with van der Waals surface area (Å²) in [4.78, 5) is 18.1. The molecular formula is C13H20N2O3S. The van der Waals surface area contributed by atoms with Crippen molar-refractivity contribution < 1.29 is 14.3 Å². The van der Waals surface area contributed by atoms with E-state index in [4.69, 9.17) is 9.47 Å². The van der Waals surface area contributed by atoms with Crippen molar-refractivity contribution in [3.63, 3.8) is 0 Å². The van der Waals surface area contributed by atoms with Crippen LogP contribution in [0.25, 0.3) is 0 Å². The quantitative estimate of drug-likeness (QED) is 0.746. The Kier molecular flexibility index (Phi) is 5.15. The second-order valence-electron chi connectivity index (χ2n) is 4.52. The molecule has 1 unspecified atom stereocenters. The van der Waals surface area contributed by atoms with E-state index in [0.29, 0.717) is 25.6 Å². The van der Waals surface area contributed by atoms with Crippen molar-refractivity contribution in [2.75, 3.05) is 31.7 Å². The number of carbonyl (C=O) groups excluding carboxylic acids is 1. The minimum Gasteiger partial charge on any atom is -0.466 e. The molecule has 0 N–H and O–H groups in total. The fourth-order valence-electron chi connectivity index (χ4n) is 2.11. The van der Waals surface area contributed by atoms with E-state index >= 15 is 0 Å². The van der Waals surface area contributed by atoms with Crippen LogP contribution in [-0.2, 0) is 20.7 Å². The Labute approximate surface area is 117 Å². The van der Waals surface area contributed by atoms with Crippen LogP contribution in [0.2, 0.25) is 0 Å². The number of rotatable bonds is 6. The van der Waals surface area contributed by atoms with Crippen molar-refractivity contribution in [1.29, 1.82) is 0 Å². The zero-order chi connectivity index (χ0) is 13.7. The maximum absolute atomic E-state index is 11.3. The lowest BCUT2D eigenvalue weighted by molar-refractivity contribution is -0.143. The fourth-order valence-corrected chi connectivity index (χ4v) is 3.01. The van der Waals surface area contributed by atoms with Crippen molar-refractivity contribution in [3.05, 3.63) is 11.1 Å². The molecule has 0 aliphatic carbocycles. The van der Waals surface area contributed by atoms with Crippen LogP contribution in [-0.4, -0.2) is 43.9 Å².